The molecule has 4 heterocycles. The summed E-state index contributed by atoms with van der Waals surface area (Å²) in [6, 6.07) is 26.3. The Labute approximate surface area is 200 Å². The summed E-state index contributed by atoms with van der Waals surface area (Å²) in [5.74, 6) is 0. The maximum atomic E-state index is 5.11. The Balaban J connectivity index is 1.40. The van der Waals surface area contributed by atoms with Crippen LogP contribution >= 0.6 is 0 Å². The Morgan fingerprint density at radius 2 is 1.40 bits per heavy atom. The fraction of sp³-hybridized carbons (Fsp3) is 0.0645. The predicted molar refractivity (Wildman–Crippen MR) is 140 cm³/mol. The third-order valence-corrected chi connectivity index (χ3v) is 7.90. The maximum absolute atomic E-state index is 5.11. The quantitative estimate of drug-likeness (QED) is 0.243. The fourth-order valence-corrected chi connectivity index (χ4v) is 6.43. The van der Waals surface area contributed by atoms with Gasteiger partial charge in [-0.2, -0.15) is 0 Å². The van der Waals surface area contributed by atoms with E-state index in [0.29, 0.717) is 0 Å². The fourth-order valence-electron chi connectivity index (χ4n) is 6.43. The van der Waals surface area contributed by atoms with Crippen molar-refractivity contribution in [2.24, 2.45) is 0 Å². The lowest BCUT2D eigenvalue weighted by Gasteiger charge is -2.09. The number of hydrogen-bond donors (Lipinski definition) is 0. The zero-order valence-corrected chi connectivity index (χ0v) is 18.8. The van der Waals surface area contributed by atoms with E-state index in [9.17, 15) is 0 Å². The lowest BCUT2D eigenvalue weighted by Crippen LogP contribution is -1.96. The molecule has 0 unspecified atom stereocenters. The molecule has 3 aromatic carbocycles. The molecule has 0 aliphatic heterocycles. The molecule has 0 radical (unpaired) electrons. The molecule has 4 nitrogen and oxygen atoms in total. The van der Waals surface area contributed by atoms with Gasteiger partial charge in [0, 0.05) is 29.6 Å². The van der Waals surface area contributed by atoms with Gasteiger partial charge in [0.25, 0.3) is 0 Å². The summed E-state index contributed by atoms with van der Waals surface area (Å²) in [5.41, 5.74) is 16.0. The van der Waals surface area contributed by atoms with Crippen LogP contribution in [0.5, 0.6) is 0 Å². The first-order valence-electron chi connectivity index (χ1n) is 12.0. The molecule has 162 valence electrons. The van der Waals surface area contributed by atoms with E-state index < -0.39 is 0 Å². The number of benzene rings is 3. The van der Waals surface area contributed by atoms with Gasteiger partial charge >= 0.3 is 0 Å². The number of hydrogen-bond acceptors (Lipinski definition) is 3. The van der Waals surface area contributed by atoms with Gasteiger partial charge in [-0.3, -0.25) is 9.38 Å². The molecule has 0 atom stereocenters. The van der Waals surface area contributed by atoms with Gasteiger partial charge in [0.15, 0.2) is 0 Å². The van der Waals surface area contributed by atoms with Crippen LogP contribution in [0.4, 0.5) is 0 Å². The molecule has 0 spiro atoms. The van der Waals surface area contributed by atoms with Crippen molar-refractivity contribution in [3.8, 4) is 22.3 Å². The van der Waals surface area contributed by atoms with Gasteiger partial charge < -0.3 is 0 Å². The molecule has 0 bridgehead atoms. The average molecular weight is 447 g/mol. The summed E-state index contributed by atoms with van der Waals surface area (Å²) >= 11 is 0. The molecular weight excluding hydrogens is 428 g/mol. The normalized spacial score (nSPS) is 13.5. The molecule has 0 saturated carbocycles. The molecule has 0 amide bonds. The molecule has 9 rings (SSSR count). The van der Waals surface area contributed by atoms with Crippen LogP contribution in [0.3, 0.4) is 0 Å². The zero-order chi connectivity index (χ0) is 22.7. The standard InChI is InChI=1S/C31H18N4/c1-2-6-20-17(5-1)13-18-14-19-15-26-21(25(19)16-24(18)20)9-10-27-29(26)35-30-22(7-4-12-33-30)28-23(31(35)34-27)8-3-11-32-28/h1-12,14,16H,13,15H2. The molecule has 0 N–H and O–H groups in total. The van der Waals surface area contributed by atoms with Crippen LogP contribution in [0.25, 0.3) is 60.9 Å². The minimum absolute atomic E-state index is 0.914. The number of aromatic nitrogens is 4. The SMILES string of the molecule is c1ccc2c(c1)Cc1cc3c(cc1-2)-c1ccc2nc4c5cccnc5c5cccnc5n4c2c1C3. The molecule has 2 aliphatic carbocycles. The molecule has 2 aliphatic rings. The largest absolute Gasteiger partial charge is 0.275 e. The van der Waals surface area contributed by atoms with Crippen LogP contribution in [-0.4, -0.2) is 19.4 Å². The second-order valence-corrected chi connectivity index (χ2v) is 9.68. The van der Waals surface area contributed by atoms with E-state index in [1.807, 2.05) is 24.5 Å². The second-order valence-electron chi connectivity index (χ2n) is 9.68. The van der Waals surface area contributed by atoms with Crippen LogP contribution in [-0.2, 0) is 12.8 Å². The second kappa shape index (κ2) is 6.10. The third kappa shape index (κ3) is 2.15. The van der Waals surface area contributed by atoms with Crippen molar-refractivity contribution in [2.45, 2.75) is 12.8 Å². The van der Waals surface area contributed by atoms with Gasteiger partial charge in [-0.1, -0.05) is 36.4 Å². The highest BCUT2D eigenvalue weighted by Gasteiger charge is 2.28. The van der Waals surface area contributed by atoms with Crippen LogP contribution in [0, 0.1) is 0 Å². The zero-order valence-electron chi connectivity index (χ0n) is 18.8. The van der Waals surface area contributed by atoms with E-state index in [1.165, 1.54) is 50.0 Å². The molecular formula is C31H18N4. The average Bonchev–Trinajstić information content (AvgIpc) is 3.58. The van der Waals surface area contributed by atoms with Crippen LogP contribution in [0.2, 0.25) is 0 Å². The minimum atomic E-state index is 0.914. The topological polar surface area (TPSA) is 43.1 Å². The summed E-state index contributed by atoms with van der Waals surface area (Å²) < 4.78 is 2.27. The van der Waals surface area contributed by atoms with E-state index in [2.05, 4.69) is 65.1 Å². The highest BCUT2D eigenvalue weighted by atomic mass is 15.1. The third-order valence-electron chi connectivity index (χ3n) is 7.90. The molecule has 0 saturated heterocycles. The number of rotatable bonds is 0. The Morgan fingerprint density at radius 1 is 0.600 bits per heavy atom. The van der Waals surface area contributed by atoms with Crippen molar-refractivity contribution < 1.29 is 0 Å². The van der Waals surface area contributed by atoms with Crippen molar-refractivity contribution in [1.29, 1.82) is 0 Å². The predicted octanol–water partition coefficient (Wildman–Crippen LogP) is 6.73. The Morgan fingerprint density at radius 3 is 2.34 bits per heavy atom. The first-order valence-corrected chi connectivity index (χ1v) is 12.0. The highest BCUT2D eigenvalue weighted by Crippen LogP contribution is 2.47. The van der Waals surface area contributed by atoms with Crippen molar-refractivity contribution in [3.63, 3.8) is 0 Å². The van der Waals surface area contributed by atoms with Gasteiger partial charge in [-0.05, 0) is 87.3 Å². The minimum Gasteiger partial charge on any atom is -0.275 e. The molecule has 0 fully saturated rings. The molecule has 4 aromatic heterocycles. The summed E-state index contributed by atoms with van der Waals surface area (Å²) in [6.45, 7) is 0. The van der Waals surface area contributed by atoms with Crippen molar-refractivity contribution >= 4 is 38.6 Å². The lowest BCUT2D eigenvalue weighted by atomic mass is 9.98. The van der Waals surface area contributed by atoms with Crippen molar-refractivity contribution in [3.05, 3.63) is 107 Å². The lowest BCUT2D eigenvalue weighted by molar-refractivity contribution is 1.19. The molecule has 35 heavy (non-hydrogen) atoms. The van der Waals surface area contributed by atoms with E-state index >= 15 is 0 Å². The monoisotopic (exact) mass is 446 g/mol. The van der Waals surface area contributed by atoms with E-state index in [0.717, 1.165) is 45.9 Å². The van der Waals surface area contributed by atoms with Gasteiger partial charge in [-0.25, -0.2) is 9.97 Å². The number of fused-ring (bicyclic) bond motifs is 15. The Bertz CT molecular complexity index is 2070. The van der Waals surface area contributed by atoms with Gasteiger partial charge in [0.1, 0.15) is 11.3 Å². The summed E-state index contributed by atoms with van der Waals surface area (Å²) in [5, 5.41) is 2.11. The first-order chi connectivity index (χ1) is 17.3. The Kier molecular flexibility index (Phi) is 3.11. The first kappa shape index (κ1) is 17.8. The summed E-state index contributed by atoms with van der Waals surface area (Å²) in [4.78, 5) is 14.6. The number of nitrogens with zero attached hydrogens (tertiary/aromatic N) is 4. The van der Waals surface area contributed by atoms with Gasteiger partial charge in [0.2, 0.25) is 0 Å². The highest BCUT2D eigenvalue weighted by molar-refractivity contribution is 6.11. The smallest absolute Gasteiger partial charge is 0.149 e. The molecule has 7 aromatic rings. The van der Waals surface area contributed by atoms with E-state index in [4.69, 9.17) is 15.0 Å². The maximum Gasteiger partial charge on any atom is 0.149 e. The van der Waals surface area contributed by atoms with Crippen LogP contribution in [0.1, 0.15) is 22.3 Å². The van der Waals surface area contributed by atoms with Gasteiger partial charge in [-0.15, -0.1) is 0 Å². The Hall–Kier alpha value is -4.57. The summed E-state index contributed by atoms with van der Waals surface area (Å²) in [6.07, 6.45) is 5.65. The van der Waals surface area contributed by atoms with E-state index in [-0.39, 0.29) is 0 Å². The van der Waals surface area contributed by atoms with E-state index in [1.54, 1.807) is 0 Å². The number of pyridine rings is 3. The number of imidazole rings is 1. The summed E-state index contributed by atoms with van der Waals surface area (Å²) in [7, 11) is 0. The van der Waals surface area contributed by atoms with Crippen molar-refractivity contribution in [2.75, 3.05) is 0 Å². The van der Waals surface area contributed by atoms with Crippen LogP contribution < -0.4 is 0 Å². The van der Waals surface area contributed by atoms with Gasteiger partial charge in [0.05, 0.1) is 16.6 Å². The molecule has 4 heteroatoms. The van der Waals surface area contributed by atoms with Crippen LogP contribution in [0.15, 0.2) is 85.2 Å². The van der Waals surface area contributed by atoms with Crippen molar-refractivity contribution in [1.82, 2.24) is 19.4 Å².